The normalized spacial score (nSPS) is 14.6. The van der Waals surface area contributed by atoms with Gasteiger partial charge < -0.3 is 0 Å². The van der Waals surface area contributed by atoms with Crippen LogP contribution in [0.3, 0.4) is 0 Å². The van der Waals surface area contributed by atoms with Crippen LogP contribution >= 0.6 is 0 Å². The van der Waals surface area contributed by atoms with Crippen molar-refractivity contribution < 1.29 is 0 Å². The minimum Gasteiger partial charge on any atom is -0.248 e. The Morgan fingerprint density at radius 1 is 0.368 bits per heavy atom. The highest BCUT2D eigenvalue weighted by molar-refractivity contribution is 6.80. The molecule has 1 aromatic rings. The van der Waals surface area contributed by atoms with Crippen LogP contribution in [-0.2, 0) is 18.5 Å². The molecule has 9 heteroatoms. The summed E-state index contributed by atoms with van der Waals surface area (Å²) in [6, 6.07) is 8.70. The number of allylic oxidation sites excluding steroid dienone is 6. The Morgan fingerprint density at radius 3 is 0.825 bits per heavy atom. The third-order valence-electron chi connectivity index (χ3n) is 12.6. The van der Waals surface area contributed by atoms with Crippen LogP contribution in [0.15, 0.2) is 90.3 Å². The van der Waals surface area contributed by atoms with Gasteiger partial charge in [-0.3, -0.25) is 0 Å². The fourth-order valence-corrected chi connectivity index (χ4v) is 23.1. The molecule has 0 bridgehead atoms. The average molecular weight is 838 g/mol. The van der Waals surface area contributed by atoms with Crippen molar-refractivity contribution in [1.29, 1.82) is 0 Å². The number of hydrogen-bond acceptors (Lipinski definition) is 3. The first-order chi connectivity index (χ1) is 27.6. The van der Waals surface area contributed by atoms with E-state index in [0.717, 1.165) is 151 Å². The summed E-state index contributed by atoms with van der Waals surface area (Å²) in [6.07, 6.45) is 32.9. The molecule has 0 aliphatic rings. The molecule has 0 N–H and O–H groups in total. The Labute approximate surface area is 353 Å². The molecule has 57 heavy (non-hydrogen) atoms. The molecule has 3 atom stereocenters. The smallest absolute Gasteiger partial charge is 0.248 e. The predicted octanol–water partition coefficient (Wildman–Crippen LogP) is 13.3. The number of rotatable bonds is 39. The molecule has 1 heterocycles. The Balaban J connectivity index is 4.29. The molecular formula is C48H87N3O3Si3. The molecule has 3 unspecified atom stereocenters. The minimum atomic E-state index is -2.27. The van der Waals surface area contributed by atoms with Crippen LogP contribution in [0.4, 0.5) is 0 Å². The zero-order chi connectivity index (χ0) is 42.4. The summed E-state index contributed by atoms with van der Waals surface area (Å²) in [5.74, 6) is 0. The molecule has 0 fully saturated rings. The van der Waals surface area contributed by atoms with Crippen LogP contribution in [0.1, 0.15) is 136 Å². The molecule has 1 aromatic heterocycles. The molecule has 0 aromatic carbocycles. The Morgan fingerprint density at radius 2 is 0.614 bits per heavy atom. The molecule has 0 saturated carbocycles. The maximum absolute atomic E-state index is 15.1. The van der Waals surface area contributed by atoms with E-state index in [1.54, 1.807) is 13.7 Å². The average Bonchev–Trinajstić information content (AvgIpc) is 3.19. The van der Waals surface area contributed by atoms with Gasteiger partial charge in [-0.2, -0.15) is 0 Å². The van der Waals surface area contributed by atoms with Crippen LogP contribution < -0.4 is 17.1 Å². The van der Waals surface area contributed by atoms with Crippen LogP contribution in [-0.4, -0.2) is 37.9 Å². The van der Waals surface area contributed by atoms with Crippen LogP contribution in [0, 0.1) is 0 Å². The van der Waals surface area contributed by atoms with Gasteiger partial charge >= 0.3 is 17.1 Å². The zero-order valence-electron chi connectivity index (χ0n) is 37.5. The molecular weight excluding hydrogens is 751 g/mol. The van der Waals surface area contributed by atoms with E-state index >= 15 is 14.4 Å². The van der Waals surface area contributed by atoms with Gasteiger partial charge in [0.15, 0.2) is 0 Å². The van der Waals surface area contributed by atoms with E-state index in [0.29, 0.717) is 18.5 Å². The van der Waals surface area contributed by atoms with E-state index in [9.17, 15) is 0 Å². The largest absolute Gasteiger partial charge is 0.335 e. The second kappa shape index (κ2) is 30.5. The van der Waals surface area contributed by atoms with Crippen molar-refractivity contribution in [2.45, 2.75) is 209 Å². The molecule has 0 aliphatic heterocycles. The lowest BCUT2D eigenvalue weighted by Crippen LogP contribution is -2.61. The lowest BCUT2D eigenvalue weighted by atomic mass is 10.2. The molecule has 0 aliphatic carbocycles. The topological polar surface area (TPSA) is 66.0 Å². The first-order valence-electron chi connectivity index (χ1n) is 23.2. The van der Waals surface area contributed by atoms with Crippen molar-refractivity contribution in [3.63, 3.8) is 0 Å². The lowest BCUT2D eigenvalue weighted by Gasteiger charge is -2.35. The van der Waals surface area contributed by atoms with Gasteiger partial charge in [-0.25, -0.2) is 28.1 Å². The van der Waals surface area contributed by atoms with Crippen LogP contribution in [0.5, 0.6) is 0 Å². The monoisotopic (exact) mass is 838 g/mol. The Hall–Kier alpha value is -2.50. The van der Waals surface area contributed by atoms with Gasteiger partial charge in [0.25, 0.3) is 0 Å². The molecule has 0 amide bonds. The number of nitrogens with zero attached hydrogens (tertiary/aromatic N) is 3. The standard InChI is InChI=1S/C48H87N3O3Si3/c1-10-19-25-31-40-55(34-16-7,37-28-22-13-4)43-49-46(52)50(44-56(35-17-8,38-29-23-14-5)41-32-26-20-11-2)48(54)51(47(49)53)45-57(36-18-9,39-30-24-15-6)42-33-27-21-12-3/h13-18H,4-12,19-45H2,1-3H3. The molecule has 6 nitrogen and oxygen atoms in total. The van der Waals surface area contributed by atoms with E-state index in [4.69, 9.17) is 0 Å². The van der Waals surface area contributed by atoms with E-state index < -0.39 is 24.2 Å². The van der Waals surface area contributed by atoms with Crippen molar-refractivity contribution >= 4 is 24.2 Å². The maximum atomic E-state index is 15.1. The first-order valence-corrected chi connectivity index (χ1v) is 31.7. The SMILES string of the molecule is C=CCCC[Si](CC=C)(CCCCCC)Cn1c(=O)n(C[Si](CC=C)(CCCC=C)CCCCCC)c(=O)n(C[Si](CC=C)(CCCC=C)CCCCCC)c1=O. The van der Waals surface area contributed by atoms with Crippen LogP contribution in [0.2, 0.25) is 54.4 Å². The second-order valence-corrected chi connectivity index (χ2v) is 31.7. The highest BCUT2D eigenvalue weighted by Gasteiger charge is 2.38. The number of aromatic nitrogens is 3. The number of unbranched alkanes of at least 4 members (excludes halogenated alkanes) is 12. The van der Waals surface area contributed by atoms with Gasteiger partial charge in [-0.1, -0.05) is 190 Å². The van der Waals surface area contributed by atoms with E-state index in [1.807, 2.05) is 36.5 Å². The highest BCUT2D eigenvalue weighted by atomic mass is 28.3. The van der Waals surface area contributed by atoms with E-state index in [2.05, 4.69) is 60.2 Å². The fourth-order valence-electron chi connectivity index (χ4n) is 9.31. The van der Waals surface area contributed by atoms with Gasteiger partial charge in [0, 0.05) is 18.5 Å². The van der Waals surface area contributed by atoms with Gasteiger partial charge in [0.1, 0.15) is 0 Å². The van der Waals surface area contributed by atoms with Gasteiger partial charge in [-0.05, 0) is 37.4 Å². The van der Waals surface area contributed by atoms with Crippen molar-refractivity contribution in [2.24, 2.45) is 0 Å². The maximum Gasteiger partial charge on any atom is 0.335 e. The van der Waals surface area contributed by atoms with Crippen molar-refractivity contribution in [3.8, 4) is 0 Å². The summed E-state index contributed by atoms with van der Waals surface area (Å²) < 4.78 is 4.73. The Kier molecular flexibility index (Phi) is 28.1. The number of hydrogen-bond donors (Lipinski definition) is 0. The molecule has 324 valence electrons. The molecule has 0 spiro atoms. The summed E-state index contributed by atoms with van der Waals surface area (Å²) in [4.78, 5) is 45.4. The summed E-state index contributed by atoms with van der Waals surface area (Å²) in [5.41, 5.74) is -1.16. The lowest BCUT2D eigenvalue weighted by molar-refractivity contribution is 0.511. The second-order valence-electron chi connectivity index (χ2n) is 17.6. The third kappa shape index (κ3) is 18.5. The zero-order valence-corrected chi connectivity index (χ0v) is 40.5. The van der Waals surface area contributed by atoms with Crippen molar-refractivity contribution in [1.82, 2.24) is 13.7 Å². The van der Waals surface area contributed by atoms with Gasteiger partial charge in [-0.15, -0.1) is 39.5 Å². The summed E-state index contributed by atoms with van der Waals surface area (Å²) >= 11 is 0. The van der Waals surface area contributed by atoms with E-state index in [-0.39, 0.29) is 17.1 Å². The molecule has 1 rings (SSSR count). The predicted molar refractivity (Wildman–Crippen MR) is 261 cm³/mol. The first kappa shape index (κ1) is 52.5. The quantitative estimate of drug-likeness (QED) is 0.0377. The van der Waals surface area contributed by atoms with Crippen molar-refractivity contribution in [3.05, 3.63) is 107 Å². The van der Waals surface area contributed by atoms with Gasteiger partial charge in [0.05, 0.1) is 24.2 Å². The minimum absolute atomic E-state index is 0.386. The summed E-state index contributed by atoms with van der Waals surface area (Å²) in [6.45, 7) is 31.4. The molecule has 0 radical (unpaired) electrons. The summed E-state index contributed by atoms with van der Waals surface area (Å²) in [7, 11) is -6.82. The van der Waals surface area contributed by atoms with E-state index in [1.165, 1.54) is 19.3 Å². The third-order valence-corrected chi connectivity index (χ3v) is 27.5. The van der Waals surface area contributed by atoms with Crippen LogP contribution in [0.25, 0.3) is 0 Å². The fraction of sp³-hybridized carbons (Fsp3) is 0.688. The Bertz CT molecular complexity index is 1310. The summed E-state index contributed by atoms with van der Waals surface area (Å²) in [5, 5.41) is 0. The molecule has 0 saturated heterocycles. The van der Waals surface area contributed by atoms with Crippen molar-refractivity contribution in [2.75, 3.05) is 0 Å². The highest BCUT2D eigenvalue weighted by Crippen LogP contribution is 2.32. The van der Waals surface area contributed by atoms with Gasteiger partial charge in [0.2, 0.25) is 0 Å².